The van der Waals surface area contributed by atoms with Gasteiger partial charge < -0.3 is 30.0 Å². The summed E-state index contributed by atoms with van der Waals surface area (Å²) in [5.41, 5.74) is 1.47. The summed E-state index contributed by atoms with van der Waals surface area (Å²) in [5.74, 6) is 0.617. The third-order valence-electron chi connectivity index (χ3n) is 4.37. The van der Waals surface area contributed by atoms with Crippen molar-refractivity contribution in [2.45, 2.75) is 18.6 Å². The van der Waals surface area contributed by atoms with E-state index in [0.717, 1.165) is 11.3 Å². The van der Waals surface area contributed by atoms with Crippen molar-refractivity contribution >= 4 is 12.0 Å². The minimum Gasteiger partial charge on any atom is -0.497 e. The van der Waals surface area contributed by atoms with Gasteiger partial charge in [-0.2, -0.15) is 0 Å². The third kappa shape index (κ3) is 6.39. The second-order valence-corrected chi connectivity index (χ2v) is 6.22. The number of hydrogen-bond acceptors (Lipinski definition) is 6. The first-order valence-corrected chi connectivity index (χ1v) is 9.05. The molecule has 0 aliphatic carbocycles. The zero-order valence-corrected chi connectivity index (χ0v) is 16.7. The van der Waals surface area contributed by atoms with Crippen LogP contribution in [0.15, 0.2) is 48.5 Å². The summed E-state index contributed by atoms with van der Waals surface area (Å²) in [6.45, 7) is 0.352. The van der Waals surface area contributed by atoms with E-state index in [0.29, 0.717) is 24.3 Å². The van der Waals surface area contributed by atoms with E-state index in [1.54, 1.807) is 31.4 Å². The van der Waals surface area contributed by atoms with E-state index in [9.17, 15) is 14.7 Å². The molecule has 2 atom stereocenters. The van der Waals surface area contributed by atoms with Crippen LogP contribution in [-0.2, 0) is 16.0 Å². The predicted octanol–water partition coefficient (Wildman–Crippen LogP) is 1.82. The fraction of sp³-hybridized carbons (Fsp3) is 0.333. The number of methoxy groups -OCH3 is 3. The van der Waals surface area contributed by atoms with Crippen LogP contribution in [0.3, 0.4) is 0 Å². The summed E-state index contributed by atoms with van der Waals surface area (Å²) in [6, 6.07) is 12.2. The van der Waals surface area contributed by atoms with Crippen molar-refractivity contribution in [2.75, 3.05) is 27.9 Å². The van der Waals surface area contributed by atoms with Gasteiger partial charge in [0.2, 0.25) is 0 Å². The normalized spacial score (nSPS) is 12.4. The monoisotopic (exact) mass is 402 g/mol. The lowest BCUT2D eigenvalue weighted by atomic mass is 10.0. The number of hydrogen-bond donors (Lipinski definition) is 3. The Morgan fingerprint density at radius 2 is 1.48 bits per heavy atom. The van der Waals surface area contributed by atoms with Crippen LogP contribution in [0.2, 0.25) is 0 Å². The molecule has 0 aromatic heterocycles. The maximum Gasteiger partial charge on any atom is 0.331 e. The molecule has 29 heavy (non-hydrogen) atoms. The Morgan fingerprint density at radius 3 is 2.00 bits per heavy atom. The lowest BCUT2D eigenvalue weighted by Gasteiger charge is -2.22. The number of aliphatic hydroxyl groups excluding tert-OH is 1. The minimum atomic E-state index is -1.28. The van der Waals surface area contributed by atoms with Gasteiger partial charge in [0.15, 0.2) is 6.04 Å². The van der Waals surface area contributed by atoms with Crippen LogP contribution in [0.25, 0.3) is 0 Å². The van der Waals surface area contributed by atoms with E-state index < -0.39 is 24.1 Å². The van der Waals surface area contributed by atoms with E-state index in [1.807, 2.05) is 24.3 Å². The van der Waals surface area contributed by atoms with Gasteiger partial charge in [-0.05, 0) is 41.8 Å². The highest BCUT2D eigenvalue weighted by atomic mass is 16.5. The molecule has 2 aromatic rings. The van der Waals surface area contributed by atoms with Crippen LogP contribution < -0.4 is 20.1 Å². The van der Waals surface area contributed by atoms with Crippen molar-refractivity contribution in [2.24, 2.45) is 0 Å². The Kier molecular flexibility index (Phi) is 8.29. The SMILES string of the molecule is COC(=O)C(NC(=O)NCCc1ccc(OC)cc1)C(O)c1ccc(OC)cc1. The fourth-order valence-corrected chi connectivity index (χ4v) is 2.69. The van der Waals surface area contributed by atoms with Gasteiger partial charge in [-0.3, -0.25) is 0 Å². The molecule has 0 saturated carbocycles. The Balaban J connectivity index is 1.93. The number of ether oxygens (including phenoxy) is 3. The highest BCUT2D eigenvalue weighted by Gasteiger charge is 2.30. The van der Waals surface area contributed by atoms with Gasteiger partial charge in [-0.15, -0.1) is 0 Å². The molecule has 2 amide bonds. The standard InChI is InChI=1S/C21H26N2O6/c1-27-16-8-4-14(5-9-16)12-13-22-21(26)23-18(20(25)29-3)19(24)15-6-10-17(28-2)11-7-15/h4-11,18-19,24H,12-13H2,1-3H3,(H2,22,23,26). The summed E-state index contributed by atoms with van der Waals surface area (Å²) in [4.78, 5) is 24.3. The van der Waals surface area contributed by atoms with Crippen molar-refractivity contribution < 1.29 is 28.9 Å². The number of carbonyl (C=O) groups is 2. The van der Waals surface area contributed by atoms with E-state index in [4.69, 9.17) is 14.2 Å². The molecular formula is C21H26N2O6. The number of aliphatic hydroxyl groups is 1. The lowest BCUT2D eigenvalue weighted by Crippen LogP contribution is -2.49. The van der Waals surface area contributed by atoms with Crippen molar-refractivity contribution in [3.05, 3.63) is 59.7 Å². The molecule has 0 spiro atoms. The maximum atomic E-state index is 12.2. The van der Waals surface area contributed by atoms with Crippen molar-refractivity contribution in [3.63, 3.8) is 0 Å². The fourth-order valence-electron chi connectivity index (χ4n) is 2.69. The van der Waals surface area contributed by atoms with Gasteiger partial charge in [0.25, 0.3) is 0 Å². The molecule has 2 rings (SSSR count). The third-order valence-corrected chi connectivity index (χ3v) is 4.37. The highest BCUT2D eigenvalue weighted by Crippen LogP contribution is 2.21. The van der Waals surface area contributed by atoms with Crippen LogP contribution in [0, 0.1) is 0 Å². The minimum absolute atomic E-state index is 0.352. The number of urea groups is 1. The van der Waals surface area contributed by atoms with E-state index in [-0.39, 0.29) is 0 Å². The van der Waals surface area contributed by atoms with Gasteiger partial charge in [0.1, 0.15) is 17.6 Å². The van der Waals surface area contributed by atoms with Crippen LogP contribution in [0.1, 0.15) is 17.2 Å². The Morgan fingerprint density at radius 1 is 0.931 bits per heavy atom. The van der Waals surface area contributed by atoms with Crippen LogP contribution in [0.4, 0.5) is 4.79 Å². The first-order valence-electron chi connectivity index (χ1n) is 9.05. The van der Waals surface area contributed by atoms with Gasteiger partial charge in [-0.1, -0.05) is 24.3 Å². The van der Waals surface area contributed by atoms with E-state index in [1.165, 1.54) is 14.2 Å². The van der Waals surface area contributed by atoms with Crippen molar-refractivity contribution in [1.29, 1.82) is 0 Å². The predicted molar refractivity (Wildman–Crippen MR) is 107 cm³/mol. The summed E-state index contributed by atoms with van der Waals surface area (Å²) < 4.78 is 14.9. The second-order valence-electron chi connectivity index (χ2n) is 6.22. The zero-order valence-electron chi connectivity index (χ0n) is 16.7. The molecule has 156 valence electrons. The summed E-state index contributed by atoms with van der Waals surface area (Å²) in [5, 5.41) is 15.7. The first-order chi connectivity index (χ1) is 14.0. The number of esters is 1. The number of rotatable bonds is 9. The molecule has 0 saturated heterocycles. The van der Waals surface area contributed by atoms with Gasteiger partial charge in [0.05, 0.1) is 21.3 Å². The summed E-state index contributed by atoms with van der Waals surface area (Å²) >= 11 is 0. The molecule has 2 unspecified atom stereocenters. The summed E-state index contributed by atoms with van der Waals surface area (Å²) in [6.07, 6.45) is -0.679. The molecule has 0 fully saturated rings. The lowest BCUT2D eigenvalue weighted by molar-refractivity contribution is -0.146. The molecule has 8 nitrogen and oxygen atoms in total. The largest absolute Gasteiger partial charge is 0.497 e. The van der Waals surface area contributed by atoms with Crippen LogP contribution in [-0.4, -0.2) is 51.0 Å². The molecule has 3 N–H and O–H groups in total. The number of nitrogens with one attached hydrogen (secondary N) is 2. The molecule has 0 radical (unpaired) electrons. The van der Waals surface area contributed by atoms with E-state index >= 15 is 0 Å². The molecule has 0 aliphatic rings. The van der Waals surface area contributed by atoms with Crippen LogP contribution in [0.5, 0.6) is 11.5 Å². The van der Waals surface area contributed by atoms with Crippen molar-refractivity contribution in [1.82, 2.24) is 10.6 Å². The molecule has 0 heterocycles. The van der Waals surface area contributed by atoms with Gasteiger partial charge >= 0.3 is 12.0 Å². The molecule has 8 heteroatoms. The molecule has 0 bridgehead atoms. The van der Waals surface area contributed by atoms with Gasteiger partial charge in [0, 0.05) is 6.54 Å². The van der Waals surface area contributed by atoms with Crippen molar-refractivity contribution in [3.8, 4) is 11.5 Å². The highest BCUT2D eigenvalue weighted by molar-refractivity contribution is 5.84. The maximum absolute atomic E-state index is 12.2. The molecule has 2 aromatic carbocycles. The molecular weight excluding hydrogens is 376 g/mol. The average molecular weight is 402 g/mol. The zero-order chi connectivity index (χ0) is 21.2. The number of amides is 2. The Bertz CT molecular complexity index is 792. The molecule has 0 aliphatic heterocycles. The Hall–Kier alpha value is -3.26. The smallest absolute Gasteiger partial charge is 0.331 e. The topological polar surface area (TPSA) is 106 Å². The Labute approximate surface area is 169 Å². The van der Waals surface area contributed by atoms with E-state index in [2.05, 4.69) is 10.6 Å². The average Bonchev–Trinajstić information content (AvgIpc) is 2.77. The van der Waals surface area contributed by atoms with Crippen LogP contribution >= 0.6 is 0 Å². The first kappa shape index (κ1) is 22.0. The number of benzene rings is 2. The second kappa shape index (κ2) is 10.9. The quantitative estimate of drug-likeness (QED) is 0.553. The summed E-state index contributed by atoms with van der Waals surface area (Å²) in [7, 11) is 4.32. The number of carbonyl (C=O) groups excluding carboxylic acids is 2. The van der Waals surface area contributed by atoms with Gasteiger partial charge in [-0.25, -0.2) is 9.59 Å².